The third kappa shape index (κ3) is 3.27. The molecule has 0 radical (unpaired) electrons. The van der Waals surface area contributed by atoms with Crippen LogP contribution in [-0.2, 0) is 5.41 Å². The molecular weight excluding hydrogens is 362 g/mol. The molecule has 142 valence electrons. The first-order valence-corrected chi connectivity index (χ1v) is 10.0. The van der Waals surface area contributed by atoms with Crippen molar-refractivity contribution in [3.05, 3.63) is 63.2 Å². The van der Waals surface area contributed by atoms with Crippen molar-refractivity contribution >= 4 is 23.1 Å². The maximum absolute atomic E-state index is 12.4. The summed E-state index contributed by atoms with van der Waals surface area (Å²) in [6.45, 7) is 4.27. The van der Waals surface area contributed by atoms with Crippen LogP contribution in [0.1, 0.15) is 67.4 Å². The van der Waals surface area contributed by atoms with Gasteiger partial charge in [-0.25, -0.2) is 0 Å². The molecule has 0 atom stereocenters. The SMILES string of the molecule is CCCC1(CCC)c2cc(C(=O)CCCl)ccc2-c2ccc([N+](=O)[O-])cc21. The fraction of sp³-hybridized carbons (Fsp3) is 0.409. The van der Waals surface area contributed by atoms with Gasteiger partial charge in [0.2, 0.25) is 0 Å². The molecule has 0 fully saturated rings. The van der Waals surface area contributed by atoms with Crippen LogP contribution in [0.25, 0.3) is 11.1 Å². The van der Waals surface area contributed by atoms with E-state index in [0.29, 0.717) is 17.9 Å². The molecular formula is C22H24ClNO3. The number of carbonyl (C=O) groups excluding carboxylic acids is 1. The minimum Gasteiger partial charge on any atom is -0.294 e. The first-order valence-electron chi connectivity index (χ1n) is 9.51. The number of non-ortho nitro benzene ring substituents is 1. The fourth-order valence-electron chi connectivity index (χ4n) is 4.52. The molecule has 0 heterocycles. The molecule has 0 amide bonds. The molecule has 0 N–H and O–H groups in total. The number of benzene rings is 2. The molecule has 0 saturated carbocycles. The van der Waals surface area contributed by atoms with Crippen LogP contribution in [0, 0.1) is 10.1 Å². The number of ketones is 1. The van der Waals surface area contributed by atoms with E-state index in [1.54, 1.807) is 12.1 Å². The lowest BCUT2D eigenvalue weighted by atomic mass is 9.71. The van der Waals surface area contributed by atoms with Gasteiger partial charge < -0.3 is 0 Å². The number of nitro groups is 1. The molecule has 0 bridgehead atoms. The Labute approximate surface area is 164 Å². The predicted octanol–water partition coefficient (Wildman–Crippen LogP) is 6.27. The highest BCUT2D eigenvalue weighted by atomic mass is 35.5. The van der Waals surface area contributed by atoms with Crippen molar-refractivity contribution in [1.29, 1.82) is 0 Å². The van der Waals surface area contributed by atoms with Crippen LogP contribution in [0.5, 0.6) is 0 Å². The summed E-state index contributed by atoms with van der Waals surface area (Å²) in [6.07, 6.45) is 4.03. The number of nitrogens with zero attached hydrogens (tertiary/aromatic N) is 1. The van der Waals surface area contributed by atoms with E-state index < -0.39 is 0 Å². The maximum atomic E-state index is 12.4. The van der Waals surface area contributed by atoms with Crippen LogP contribution in [0.15, 0.2) is 36.4 Å². The number of rotatable bonds is 8. The highest BCUT2D eigenvalue weighted by molar-refractivity contribution is 6.19. The number of alkyl halides is 1. The number of Topliss-reactive ketones (excluding diaryl/α,β-unsaturated/α-hetero) is 1. The van der Waals surface area contributed by atoms with Gasteiger partial charge in [0.05, 0.1) is 4.92 Å². The van der Waals surface area contributed by atoms with E-state index in [2.05, 4.69) is 13.8 Å². The van der Waals surface area contributed by atoms with Crippen LogP contribution in [0.3, 0.4) is 0 Å². The Morgan fingerprint density at radius 2 is 1.63 bits per heavy atom. The Morgan fingerprint density at radius 1 is 1.04 bits per heavy atom. The van der Waals surface area contributed by atoms with E-state index in [9.17, 15) is 14.9 Å². The average molecular weight is 386 g/mol. The lowest BCUT2D eigenvalue weighted by Crippen LogP contribution is -2.25. The van der Waals surface area contributed by atoms with Gasteiger partial charge >= 0.3 is 0 Å². The zero-order chi connectivity index (χ0) is 19.6. The normalized spacial score (nSPS) is 13.9. The molecule has 3 rings (SSSR count). The van der Waals surface area contributed by atoms with Crippen molar-refractivity contribution in [2.45, 2.75) is 51.4 Å². The van der Waals surface area contributed by atoms with Crippen molar-refractivity contribution in [3.8, 4) is 11.1 Å². The van der Waals surface area contributed by atoms with Crippen LogP contribution in [-0.4, -0.2) is 16.6 Å². The monoisotopic (exact) mass is 385 g/mol. The van der Waals surface area contributed by atoms with E-state index in [-0.39, 0.29) is 21.8 Å². The second-order valence-corrected chi connectivity index (χ2v) is 7.57. The molecule has 0 saturated heterocycles. The Morgan fingerprint density at radius 3 is 2.19 bits per heavy atom. The molecule has 4 nitrogen and oxygen atoms in total. The summed E-state index contributed by atoms with van der Waals surface area (Å²) in [5.74, 6) is 0.342. The smallest absolute Gasteiger partial charge is 0.269 e. The second kappa shape index (κ2) is 7.81. The summed E-state index contributed by atoms with van der Waals surface area (Å²) in [5, 5.41) is 11.4. The van der Waals surface area contributed by atoms with Crippen molar-refractivity contribution in [1.82, 2.24) is 0 Å². The third-order valence-electron chi connectivity index (χ3n) is 5.55. The molecule has 27 heavy (non-hydrogen) atoms. The van der Waals surface area contributed by atoms with E-state index in [1.165, 1.54) is 0 Å². The maximum Gasteiger partial charge on any atom is 0.269 e. The summed E-state index contributed by atoms with van der Waals surface area (Å²) in [5.41, 5.74) is 4.81. The summed E-state index contributed by atoms with van der Waals surface area (Å²) in [4.78, 5) is 23.4. The lowest BCUT2D eigenvalue weighted by molar-refractivity contribution is -0.384. The molecule has 0 aliphatic heterocycles. The summed E-state index contributed by atoms with van der Waals surface area (Å²) >= 11 is 5.75. The number of halogens is 1. The van der Waals surface area contributed by atoms with Crippen molar-refractivity contribution in [2.75, 3.05) is 5.88 Å². The van der Waals surface area contributed by atoms with Gasteiger partial charge in [0, 0.05) is 35.4 Å². The second-order valence-electron chi connectivity index (χ2n) is 7.19. The number of fused-ring (bicyclic) bond motifs is 3. The molecule has 1 aliphatic rings. The number of hydrogen-bond acceptors (Lipinski definition) is 3. The standard InChI is InChI=1S/C22H24ClNO3/c1-3-10-22(11-4-2)19-13-15(21(25)9-12-23)5-7-17(19)18-8-6-16(24(26)27)14-20(18)22/h5-8,13-14H,3-4,9-12H2,1-2H3. The van der Waals surface area contributed by atoms with E-state index in [4.69, 9.17) is 11.6 Å². The Hall–Kier alpha value is -2.20. The Bertz CT molecular complexity index is 885. The van der Waals surface area contributed by atoms with Gasteiger partial charge in [0.15, 0.2) is 5.78 Å². The van der Waals surface area contributed by atoms with Gasteiger partial charge in [0.25, 0.3) is 5.69 Å². The van der Waals surface area contributed by atoms with E-state index in [1.807, 2.05) is 24.3 Å². The largest absolute Gasteiger partial charge is 0.294 e. The highest BCUT2D eigenvalue weighted by Gasteiger charge is 2.42. The molecule has 5 heteroatoms. The quantitative estimate of drug-likeness (QED) is 0.233. The van der Waals surface area contributed by atoms with E-state index >= 15 is 0 Å². The predicted molar refractivity (Wildman–Crippen MR) is 109 cm³/mol. The topological polar surface area (TPSA) is 60.2 Å². The van der Waals surface area contributed by atoms with Gasteiger partial charge in [-0.05, 0) is 47.2 Å². The van der Waals surface area contributed by atoms with Crippen molar-refractivity contribution in [3.63, 3.8) is 0 Å². The van der Waals surface area contributed by atoms with Crippen LogP contribution >= 0.6 is 11.6 Å². The van der Waals surface area contributed by atoms with Crippen LogP contribution in [0.2, 0.25) is 0 Å². The van der Waals surface area contributed by atoms with Gasteiger partial charge in [-0.2, -0.15) is 0 Å². The zero-order valence-electron chi connectivity index (χ0n) is 15.8. The molecule has 1 aliphatic carbocycles. The Balaban J connectivity index is 2.25. The first-order chi connectivity index (χ1) is 13.0. The van der Waals surface area contributed by atoms with Crippen LogP contribution in [0.4, 0.5) is 5.69 Å². The lowest BCUT2D eigenvalue weighted by Gasteiger charge is -2.32. The van der Waals surface area contributed by atoms with Gasteiger partial charge in [-0.3, -0.25) is 14.9 Å². The van der Waals surface area contributed by atoms with Gasteiger partial charge in [-0.1, -0.05) is 38.8 Å². The van der Waals surface area contributed by atoms with E-state index in [0.717, 1.165) is 47.9 Å². The summed E-state index contributed by atoms with van der Waals surface area (Å²) in [7, 11) is 0. The van der Waals surface area contributed by atoms with Crippen molar-refractivity contribution in [2.24, 2.45) is 0 Å². The minimum absolute atomic E-state index is 0.0385. The first kappa shape index (κ1) is 19.6. The highest BCUT2D eigenvalue weighted by Crippen LogP contribution is 2.54. The average Bonchev–Trinajstić information content (AvgIpc) is 2.92. The third-order valence-corrected chi connectivity index (χ3v) is 5.74. The molecule has 2 aromatic rings. The molecule has 2 aromatic carbocycles. The number of hydrogen-bond donors (Lipinski definition) is 0. The summed E-state index contributed by atoms with van der Waals surface area (Å²) < 4.78 is 0. The van der Waals surface area contributed by atoms with Crippen LogP contribution < -0.4 is 0 Å². The number of nitro benzene ring substituents is 1. The fourth-order valence-corrected chi connectivity index (χ4v) is 4.69. The minimum atomic E-state index is -0.332. The molecule has 0 spiro atoms. The Kier molecular flexibility index (Phi) is 5.66. The van der Waals surface area contributed by atoms with Gasteiger partial charge in [-0.15, -0.1) is 11.6 Å². The molecule has 0 unspecified atom stereocenters. The van der Waals surface area contributed by atoms with Crippen molar-refractivity contribution < 1.29 is 9.72 Å². The molecule has 0 aromatic heterocycles. The number of carbonyl (C=O) groups is 1. The summed E-state index contributed by atoms with van der Waals surface area (Å²) in [6, 6.07) is 11.0. The zero-order valence-corrected chi connectivity index (χ0v) is 16.5. The van der Waals surface area contributed by atoms with Gasteiger partial charge in [0.1, 0.15) is 0 Å².